The second kappa shape index (κ2) is 12.3. The molecule has 35 heavy (non-hydrogen) atoms. The highest BCUT2D eigenvalue weighted by atomic mass is 16.5. The number of hydrogen-bond donors (Lipinski definition) is 0. The molecular formula is C31H29NO3. The number of aryl methyl sites for hydroxylation is 1. The molecule has 0 bridgehead atoms. The maximum absolute atomic E-state index is 6.05. The van der Waals surface area contributed by atoms with Crippen molar-refractivity contribution >= 4 is 0 Å². The molecule has 0 saturated heterocycles. The molecule has 176 valence electrons. The van der Waals surface area contributed by atoms with Gasteiger partial charge in [-0.05, 0) is 53.3 Å². The highest BCUT2D eigenvalue weighted by Gasteiger charge is 2.06. The van der Waals surface area contributed by atoms with Crippen molar-refractivity contribution < 1.29 is 14.2 Å². The molecule has 0 aliphatic carbocycles. The number of pyridine rings is 1. The largest absolute Gasteiger partial charge is 0.497 e. The number of rotatable bonds is 9. The Morgan fingerprint density at radius 3 is 2.09 bits per heavy atom. The van der Waals surface area contributed by atoms with E-state index in [-0.39, 0.29) is 0 Å². The average molecular weight is 464 g/mol. The van der Waals surface area contributed by atoms with Crippen molar-refractivity contribution in [3.8, 4) is 29.2 Å². The monoisotopic (exact) mass is 463 g/mol. The molecular weight excluding hydrogens is 434 g/mol. The number of benzene rings is 3. The summed E-state index contributed by atoms with van der Waals surface area (Å²) in [5.74, 6) is 8.31. The SMILES string of the molecule is CCCc1ccc(C#Cc2cc(OCc3ccccc3)cc(OCc3ccc(OC)cc3)n2)cc1. The molecule has 0 N–H and O–H groups in total. The van der Waals surface area contributed by atoms with Gasteiger partial charge < -0.3 is 14.2 Å². The van der Waals surface area contributed by atoms with Crippen LogP contribution in [0.25, 0.3) is 0 Å². The summed E-state index contributed by atoms with van der Waals surface area (Å²) in [6.07, 6.45) is 2.20. The zero-order chi connectivity index (χ0) is 24.3. The van der Waals surface area contributed by atoms with Crippen molar-refractivity contribution in [1.82, 2.24) is 4.98 Å². The maximum atomic E-state index is 6.05. The lowest BCUT2D eigenvalue weighted by molar-refractivity contribution is 0.281. The summed E-state index contributed by atoms with van der Waals surface area (Å²) >= 11 is 0. The van der Waals surface area contributed by atoms with Gasteiger partial charge in [0.25, 0.3) is 0 Å². The van der Waals surface area contributed by atoms with Crippen molar-refractivity contribution in [2.75, 3.05) is 7.11 Å². The number of ether oxygens (including phenoxy) is 3. The van der Waals surface area contributed by atoms with Gasteiger partial charge in [-0.2, -0.15) is 0 Å². The Bertz CT molecular complexity index is 1270. The molecule has 4 heteroatoms. The Morgan fingerprint density at radius 1 is 0.686 bits per heavy atom. The molecule has 3 aromatic carbocycles. The minimum Gasteiger partial charge on any atom is -0.497 e. The second-order valence-electron chi connectivity index (χ2n) is 8.13. The van der Waals surface area contributed by atoms with Gasteiger partial charge in [-0.1, -0.05) is 73.9 Å². The van der Waals surface area contributed by atoms with Crippen molar-refractivity contribution in [2.45, 2.75) is 33.0 Å². The molecule has 0 spiro atoms. The smallest absolute Gasteiger partial charge is 0.218 e. The molecule has 1 heterocycles. The summed E-state index contributed by atoms with van der Waals surface area (Å²) in [4.78, 5) is 4.60. The van der Waals surface area contributed by atoms with Crippen LogP contribution in [0.5, 0.6) is 17.4 Å². The highest BCUT2D eigenvalue weighted by molar-refractivity contribution is 5.44. The van der Waals surface area contributed by atoms with Crippen LogP contribution < -0.4 is 14.2 Å². The van der Waals surface area contributed by atoms with Gasteiger partial charge in [0.05, 0.1) is 7.11 Å². The van der Waals surface area contributed by atoms with Crippen LogP contribution in [-0.2, 0) is 19.6 Å². The molecule has 0 atom stereocenters. The lowest BCUT2D eigenvalue weighted by Crippen LogP contribution is -2.01. The Balaban J connectivity index is 1.53. The first-order valence-electron chi connectivity index (χ1n) is 11.8. The van der Waals surface area contributed by atoms with Gasteiger partial charge >= 0.3 is 0 Å². The summed E-state index contributed by atoms with van der Waals surface area (Å²) in [5, 5.41) is 0. The predicted octanol–water partition coefficient (Wildman–Crippen LogP) is 6.60. The van der Waals surface area contributed by atoms with E-state index in [4.69, 9.17) is 14.2 Å². The van der Waals surface area contributed by atoms with Gasteiger partial charge in [-0.25, -0.2) is 4.98 Å². The van der Waals surface area contributed by atoms with Crippen LogP contribution in [0.4, 0.5) is 0 Å². The van der Waals surface area contributed by atoms with Gasteiger partial charge in [-0.15, -0.1) is 0 Å². The quantitative estimate of drug-likeness (QED) is 0.262. The number of nitrogens with zero attached hydrogens (tertiary/aromatic N) is 1. The molecule has 4 rings (SSSR count). The standard InChI is InChI=1S/C31H29NO3/c1-3-7-24-10-12-25(13-11-24)14-17-28-20-30(34-22-26-8-5-4-6-9-26)21-31(32-28)35-23-27-15-18-29(33-2)19-16-27/h4-6,8-13,15-16,18-21H,3,7,22-23H2,1-2H3. The Kier molecular flexibility index (Phi) is 8.40. The fraction of sp³-hybridized carbons (Fsp3) is 0.194. The van der Waals surface area contributed by atoms with Gasteiger partial charge in [0.2, 0.25) is 5.88 Å². The third-order valence-corrected chi connectivity index (χ3v) is 5.40. The van der Waals surface area contributed by atoms with Gasteiger partial charge in [0.1, 0.15) is 30.4 Å². The topological polar surface area (TPSA) is 40.6 Å². The van der Waals surface area contributed by atoms with Crippen molar-refractivity contribution in [2.24, 2.45) is 0 Å². The average Bonchev–Trinajstić information content (AvgIpc) is 2.91. The Labute approximate surface area is 207 Å². The molecule has 4 nitrogen and oxygen atoms in total. The first-order valence-corrected chi connectivity index (χ1v) is 11.8. The van der Waals surface area contributed by atoms with Crippen molar-refractivity contribution in [3.05, 3.63) is 119 Å². The fourth-order valence-electron chi connectivity index (χ4n) is 3.50. The van der Waals surface area contributed by atoms with Crippen molar-refractivity contribution in [1.29, 1.82) is 0 Å². The molecule has 0 fully saturated rings. The highest BCUT2D eigenvalue weighted by Crippen LogP contribution is 2.22. The van der Waals surface area contributed by atoms with Crippen LogP contribution in [0.15, 0.2) is 91.0 Å². The van der Waals surface area contributed by atoms with E-state index in [1.165, 1.54) is 5.56 Å². The summed E-state index contributed by atoms with van der Waals surface area (Å²) in [6, 6.07) is 29.8. The maximum Gasteiger partial charge on any atom is 0.218 e. The third kappa shape index (κ3) is 7.38. The molecule has 0 radical (unpaired) electrons. The molecule has 1 aromatic heterocycles. The van der Waals surface area contributed by atoms with E-state index >= 15 is 0 Å². The summed E-state index contributed by atoms with van der Waals surface area (Å²) in [7, 11) is 1.65. The second-order valence-corrected chi connectivity index (χ2v) is 8.13. The minimum absolute atomic E-state index is 0.380. The van der Waals surface area contributed by atoms with E-state index in [1.54, 1.807) is 13.2 Å². The fourth-order valence-corrected chi connectivity index (χ4v) is 3.50. The van der Waals surface area contributed by atoms with Crippen LogP contribution in [0.2, 0.25) is 0 Å². The van der Waals surface area contributed by atoms with Crippen LogP contribution >= 0.6 is 0 Å². The first-order chi connectivity index (χ1) is 17.2. The summed E-state index contributed by atoms with van der Waals surface area (Å²) < 4.78 is 17.3. The number of aromatic nitrogens is 1. The minimum atomic E-state index is 0.380. The predicted molar refractivity (Wildman–Crippen MR) is 139 cm³/mol. The van der Waals surface area contributed by atoms with Crippen LogP contribution in [0, 0.1) is 11.8 Å². The Hall–Kier alpha value is -4.23. The third-order valence-electron chi connectivity index (χ3n) is 5.40. The molecule has 4 aromatic rings. The number of methoxy groups -OCH3 is 1. The van der Waals surface area contributed by atoms with Gasteiger partial charge in [0, 0.05) is 17.7 Å². The normalized spacial score (nSPS) is 10.2. The zero-order valence-electron chi connectivity index (χ0n) is 20.2. The summed E-state index contributed by atoms with van der Waals surface area (Å²) in [5.41, 5.74) is 4.97. The van der Waals surface area contributed by atoms with Crippen LogP contribution in [-0.4, -0.2) is 12.1 Å². The van der Waals surface area contributed by atoms with Crippen LogP contribution in [0.1, 0.15) is 41.3 Å². The molecule has 0 unspecified atom stereocenters. The van der Waals surface area contributed by atoms with Gasteiger partial charge in [0.15, 0.2) is 0 Å². The molecule has 0 aliphatic heterocycles. The van der Waals surface area contributed by atoms with Crippen LogP contribution in [0.3, 0.4) is 0 Å². The Morgan fingerprint density at radius 2 is 1.37 bits per heavy atom. The first kappa shape index (κ1) is 23.9. The number of hydrogen-bond acceptors (Lipinski definition) is 4. The van der Waals surface area contributed by atoms with E-state index in [0.29, 0.717) is 30.5 Å². The zero-order valence-corrected chi connectivity index (χ0v) is 20.2. The lowest BCUT2D eigenvalue weighted by Gasteiger charge is -2.10. The lowest BCUT2D eigenvalue weighted by atomic mass is 10.1. The van der Waals surface area contributed by atoms with Gasteiger partial charge in [-0.3, -0.25) is 0 Å². The molecule has 0 saturated carbocycles. The van der Waals surface area contributed by atoms with E-state index in [2.05, 4.69) is 48.0 Å². The van der Waals surface area contributed by atoms with E-state index in [1.807, 2.05) is 60.7 Å². The molecule has 0 aliphatic rings. The van der Waals surface area contributed by atoms with E-state index in [0.717, 1.165) is 35.3 Å². The molecule has 0 amide bonds. The van der Waals surface area contributed by atoms with Crippen molar-refractivity contribution in [3.63, 3.8) is 0 Å². The van der Waals surface area contributed by atoms with E-state index < -0.39 is 0 Å². The van der Waals surface area contributed by atoms with E-state index in [9.17, 15) is 0 Å². The summed E-state index contributed by atoms with van der Waals surface area (Å²) in [6.45, 7) is 3.01.